The van der Waals surface area contributed by atoms with Crippen molar-refractivity contribution in [3.8, 4) is 0 Å². The molecule has 0 aliphatic heterocycles. The minimum atomic E-state index is -0.284. The Morgan fingerprint density at radius 1 is 1.17 bits per heavy atom. The van der Waals surface area contributed by atoms with Gasteiger partial charge in [-0.2, -0.15) is 5.10 Å². The number of carbonyl (C=O) groups excluding carboxylic acids is 1. The lowest BCUT2D eigenvalue weighted by Crippen LogP contribution is -2.21. The monoisotopic (exact) mass is 310 g/mol. The SMILES string of the molecule is CCN(CC)c1ccc(/C=N\NC(=O)c2cccc(N)c2)cc1. The van der Waals surface area contributed by atoms with Gasteiger partial charge in [0, 0.05) is 30.0 Å². The van der Waals surface area contributed by atoms with Crippen molar-refractivity contribution in [1.29, 1.82) is 0 Å². The molecule has 0 aliphatic carbocycles. The highest BCUT2D eigenvalue weighted by Crippen LogP contribution is 2.14. The molecule has 2 aromatic rings. The zero-order valence-corrected chi connectivity index (χ0v) is 13.5. The number of hydrazone groups is 1. The fourth-order valence-corrected chi connectivity index (χ4v) is 2.27. The quantitative estimate of drug-likeness (QED) is 0.489. The number of nitrogens with two attached hydrogens (primary N) is 1. The standard InChI is InChI=1S/C18H22N4O/c1-3-22(4-2)17-10-8-14(9-11-17)13-20-21-18(23)15-6-5-7-16(19)12-15/h5-13H,3-4,19H2,1-2H3,(H,21,23)/b20-13-. The van der Waals surface area contributed by atoms with E-state index in [1.54, 1.807) is 30.5 Å². The molecule has 0 saturated carbocycles. The minimum absolute atomic E-state index is 0.284. The molecule has 2 aromatic carbocycles. The zero-order valence-electron chi connectivity index (χ0n) is 13.5. The van der Waals surface area contributed by atoms with Gasteiger partial charge in [0.25, 0.3) is 5.91 Å². The van der Waals surface area contributed by atoms with E-state index in [9.17, 15) is 4.79 Å². The van der Waals surface area contributed by atoms with Crippen LogP contribution in [0.15, 0.2) is 53.6 Å². The fourth-order valence-electron chi connectivity index (χ4n) is 2.27. The van der Waals surface area contributed by atoms with Gasteiger partial charge < -0.3 is 10.6 Å². The van der Waals surface area contributed by atoms with Crippen molar-refractivity contribution >= 4 is 23.5 Å². The maximum absolute atomic E-state index is 11.9. The van der Waals surface area contributed by atoms with Crippen LogP contribution in [0.25, 0.3) is 0 Å². The highest BCUT2D eigenvalue weighted by molar-refractivity contribution is 5.95. The number of benzene rings is 2. The normalized spacial score (nSPS) is 10.7. The molecular weight excluding hydrogens is 288 g/mol. The molecule has 0 bridgehead atoms. The molecule has 0 radical (unpaired) electrons. The molecule has 23 heavy (non-hydrogen) atoms. The summed E-state index contributed by atoms with van der Waals surface area (Å²) in [6.45, 7) is 6.20. The van der Waals surface area contributed by atoms with E-state index in [0.29, 0.717) is 11.3 Å². The Morgan fingerprint density at radius 3 is 2.48 bits per heavy atom. The molecule has 0 aromatic heterocycles. The Labute approximate surface area is 136 Å². The number of nitrogens with zero attached hydrogens (tertiary/aromatic N) is 2. The number of nitrogen functional groups attached to an aromatic ring is 1. The van der Waals surface area contributed by atoms with E-state index in [2.05, 4.69) is 29.3 Å². The topological polar surface area (TPSA) is 70.7 Å². The highest BCUT2D eigenvalue weighted by Gasteiger charge is 2.04. The largest absolute Gasteiger partial charge is 0.399 e. The van der Waals surface area contributed by atoms with Crippen LogP contribution in [-0.4, -0.2) is 25.2 Å². The van der Waals surface area contributed by atoms with Gasteiger partial charge in [0.15, 0.2) is 0 Å². The van der Waals surface area contributed by atoms with Gasteiger partial charge in [0.2, 0.25) is 0 Å². The van der Waals surface area contributed by atoms with Crippen LogP contribution in [0.3, 0.4) is 0 Å². The number of nitrogens with one attached hydrogen (secondary N) is 1. The van der Waals surface area contributed by atoms with Crippen LogP contribution in [0, 0.1) is 0 Å². The molecule has 0 atom stereocenters. The Hall–Kier alpha value is -2.82. The Morgan fingerprint density at radius 2 is 1.87 bits per heavy atom. The summed E-state index contributed by atoms with van der Waals surface area (Å²) in [6.07, 6.45) is 1.62. The molecule has 5 nitrogen and oxygen atoms in total. The highest BCUT2D eigenvalue weighted by atomic mass is 16.2. The summed E-state index contributed by atoms with van der Waals surface area (Å²) in [5.74, 6) is -0.284. The first-order chi connectivity index (χ1) is 11.1. The average Bonchev–Trinajstić information content (AvgIpc) is 2.57. The minimum Gasteiger partial charge on any atom is -0.399 e. The third kappa shape index (κ3) is 4.57. The summed E-state index contributed by atoms with van der Waals surface area (Å²) in [5.41, 5.74) is 11.3. The first-order valence-corrected chi connectivity index (χ1v) is 7.68. The van der Waals surface area contributed by atoms with Crippen LogP contribution >= 0.6 is 0 Å². The number of amides is 1. The van der Waals surface area contributed by atoms with E-state index in [4.69, 9.17) is 5.73 Å². The third-order valence-corrected chi connectivity index (χ3v) is 3.55. The first kappa shape index (κ1) is 16.5. The maximum atomic E-state index is 11.9. The maximum Gasteiger partial charge on any atom is 0.271 e. The Kier molecular flexibility index (Phi) is 5.74. The van der Waals surface area contributed by atoms with Crippen molar-refractivity contribution in [2.24, 2.45) is 5.10 Å². The summed E-state index contributed by atoms with van der Waals surface area (Å²) in [4.78, 5) is 14.2. The number of hydrogen-bond donors (Lipinski definition) is 2. The molecule has 0 saturated heterocycles. The zero-order chi connectivity index (χ0) is 16.7. The molecule has 0 unspecified atom stereocenters. The van der Waals surface area contributed by atoms with Gasteiger partial charge in [-0.25, -0.2) is 5.43 Å². The van der Waals surface area contributed by atoms with Crippen molar-refractivity contribution in [2.75, 3.05) is 23.7 Å². The first-order valence-electron chi connectivity index (χ1n) is 7.68. The van der Waals surface area contributed by atoms with E-state index < -0.39 is 0 Å². The van der Waals surface area contributed by atoms with E-state index >= 15 is 0 Å². The van der Waals surface area contributed by atoms with Crippen LogP contribution in [0.4, 0.5) is 11.4 Å². The molecule has 5 heteroatoms. The molecule has 1 amide bonds. The predicted octanol–water partition coefficient (Wildman–Crippen LogP) is 2.88. The van der Waals surface area contributed by atoms with Crippen molar-refractivity contribution in [1.82, 2.24) is 5.43 Å². The lowest BCUT2D eigenvalue weighted by Gasteiger charge is -2.20. The second kappa shape index (κ2) is 7.98. The lowest BCUT2D eigenvalue weighted by atomic mass is 10.2. The van der Waals surface area contributed by atoms with Crippen LogP contribution in [-0.2, 0) is 0 Å². The van der Waals surface area contributed by atoms with E-state index in [1.807, 2.05) is 24.3 Å². The van der Waals surface area contributed by atoms with Gasteiger partial charge in [-0.05, 0) is 49.7 Å². The van der Waals surface area contributed by atoms with Crippen molar-refractivity contribution in [2.45, 2.75) is 13.8 Å². The van der Waals surface area contributed by atoms with Crippen molar-refractivity contribution in [3.63, 3.8) is 0 Å². The van der Waals surface area contributed by atoms with Crippen LogP contribution < -0.4 is 16.1 Å². The summed E-state index contributed by atoms with van der Waals surface area (Å²) >= 11 is 0. The summed E-state index contributed by atoms with van der Waals surface area (Å²) in [5, 5.41) is 3.98. The van der Waals surface area contributed by atoms with Gasteiger partial charge >= 0.3 is 0 Å². The van der Waals surface area contributed by atoms with Gasteiger partial charge in [-0.3, -0.25) is 4.79 Å². The van der Waals surface area contributed by atoms with Crippen molar-refractivity contribution < 1.29 is 4.79 Å². The summed E-state index contributed by atoms with van der Waals surface area (Å²) in [7, 11) is 0. The lowest BCUT2D eigenvalue weighted by molar-refractivity contribution is 0.0955. The van der Waals surface area contributed by atoms with Crippen LogP contribution in [0.1, 0.15) is 29.8 Å². The van der Waals surface area contributed by atoms with Crippen LogP contribution in [0.2, 0.25) is 0 Å². The molecule has 0 spiro atoms. The smallest absolute Gasteiger partial charge is 0.271 e. The number of anilines is 2. The fraction of sp³-hybridized carbons (Fsp3) is 0.222. The molecule has 3 N–H and O–H groups in total. The number of hydrogen-bond acceptors (Lipinski definition) is 4. The van der Waals surface area contributed by atoms with Crippen molar-refractivity contribution in [3.05, 3.63) is 59.7 Å². The van der Waals surface area contributed by atoms with E-state index in [0.717, 1.165) is 18.7 Å². The summed E-state index contributed by atoms with van der Waals surface area (Å²) in [6, 6.07) is 14.8. The van der Waals surface area contributed by atoms with E-state index in [1.165, 1.54) is 5.69 Å². The average molecular weight is 310 g/mol. The predicted molar refractivity (Wildman–Crippen MR) is 95.9 cm³/mol. The molecule has 0 aliphatic rings. The van der Waals surface area contributed by atoms with E-state index in [-0.39, 0.29) is 5.91 Å². The molecule has 120 valence electrons. The molecule has 0 heterocycles. The van der Waals surface area contributed by atoms with Gasteiger partial charge in [-0.15, -0.1) is 0 Å². The van der Waals surface area contributed by atoms with Gasteiger partial charge in [0.1, 0.15) is 0 Å². The Balaban J connectivity index is 1.96. The second-order valence-electron chi connectivity index (χ2n) is 5.09. The second-order valence-corrected chi connectivity index (χ2v) is 5.09. The molecular formula is C18H22N4O. The van der Waals surface area contributed by atoms with Gasteiger partial charge in [-0.1, -0.05) is 18.2 Å². The molecule has 2 rings (SSSR count). The number of rotatable bonds is 6. The van der Waals surface area contributed by atoms with Crippen LogP contribution in [0.5, 0.6) is 0 Å². The summed E-state index contributed by atoms with van der Waals surface area (Å²) < 4.78 is 0. The molecule has 0 fully saturated rings. The Bertz CT molecular complexity index is 676. The number of carbonyl (C=O) groups is 1. The van der Waals surface area contributed by atoms with Gasteiger partial charge in [0.05, 0.1) is 6.21 Å². The third-order valence-electron chi connectivity index (χ3n) is 3.55.